The topological polar surface area (TPSA) is 44.2 Å². The van der Waals surface area contributed by atoms with Gasteiger partial charge in [0.25, 0.3) is 5.88 Å². The molecule has 2 aromatic carbocycles. The van der Waals surface area contributed by atoms with Gasteiger partial charge in [-0.15, -0.1) is 10.2 Å². The number of hydrogen-bond acceptors (Lipinski definition) is 4. The molecule has 0 saturated heterocycles. The molecule has 32 heavy (non-hydrogen) atoms. The van der Waals surface area contributed by atoms with Crippen molar-refractivity contribution in [3.8, 4) is 23.5 Å². The van der Waals surface area contributed by atoms with Gasteiger partial charge in [0.05, 0.1) is 5.92 Å². The lowest BCUT2D eigenvalue weighted by molar-refractivity contribution is 0.221. The second-order valence-electron chi connectivity index (χ2n) is 7.59. The van der Waals surface area contributed by atoms with E-state index >= 15 is 0 Å². The van der Waals surface area contributed by atoms with Crippen LogP contribution in [0.3, 0.4) is 0 Å². The van der Waals surface area contributed by atoms with Crippen molar-refractivity contribution in [2.45, 2.75) is 25.8 Å². The zero-order chi connectivity index (χ0) is 22.2. The average molecular weight is 426 g/mol. The van der Waals surface area contributed by atoms with E-state index in [1.54, 1.807) is 24.3 Å². The molecule has 2 atom stereocenters. The predicted octanol–water partition coefficient (Wildman–Crippen LogP) is 5.46. The van der Waals surface area contributed by atoms with Gasteiger partial charge in [-0.3, -0.25) is 0 Å². The smallest absolute Gasteiger partial charge is 0.276 e. The summed E-state index contributed by atoms with van der Waals surface area (Å²) in [6, 6.07) is 21.3. The number of hydrogen-bond donors (Lipinski definition) is 0. The Hall–Kier alpha value is -3.91. The van der Waals surface area contributed by atoms with Crippen LogP contribution in [0.25, 0.3) is 0 Å². The summed E-state index contributed by atoms with van der Waals surface area (Å²) in [6.45, 7) is 2.19. The molecule has 3 aromatic rings. The summed E-state index contributed by atoms with van der Waals surface area (Å²) in [4.78, 5) is 0. The first-order chi connectivity index (χ1) is 15.6. The Labute approximate surface area is 187 Å². The maximum absolute atomic E-state index is 14.6. The molecule has 160 valence electrons. The fraction of sp³-hybridized carbons (Fsp3) is 0.185. The summed E-state index contributed by atoms with van der Waals surface area (Å²) < 4.78 is 26.5. The summed E-state index contributed by atoms with van der Waals surface area (Å²) in [7, 11) is 0. The van der Waals surface area contributed by atoms with Gasteiger partial charge in [0, 0.05) is 6.07 Å². The lowest BCUT2D eigenvalue weighted by Gasteiger charge is -2.22. The number of ether oxygens (including phenoxy) is 2. The lowest BCUT2D eigenvalue weighted by Crippen LogP contribution is -2.26. The minimum Gasteiger partial charge on any atom is -0.483 e. The van der Waals surface area contributed by atoms with Crippen LogP contribution in [0.15, 0.2) is 91.0 Å². The molecule has 4 rings (SSSR count). The Bertz CT molecular complexity index is 1160. The molecule has 0 fully saturated rings. The number of allylic oxidation sites excluding steroid dienone is 4. The van der Waals surface area contributed by atoms with Gasteiger partial charge in [0.2, 0.25) is 0 Å². The number of aromatic nitrogens is 2. The minimum atomic E-state index is -1.53. The first-order valence-electron chi connectivity index (χ1n) is 10.4. The number of benzene rings is 2. The summed E-state index contributed by atoms with van der Waals surface area (Å²) >= 11 is 0. The Morgan fingerprint density at radius 3 is 2.22 bits per heavy atom. The lowest BCUT2D eigenvalue weighted by atomic mass is 9.87. The van der Waals surface area contributed by atoms with Crippen molar-refractivity contribution in [2.75, 3.05) is 0 Å². The Morgan fingerprint density at radius 2 is 1.56 bits per heavy atom. The van der Waals surface area contributed by atoms with E-state index in [-0.39, 0.29) is 5.88 Å². The van der Waals surface area contributed by atoms with E-state index in [0.29, 0.717) is 24.7 Å². The van der Waals surface area contributed by atoms with Crippen molar-refractivity contribution in [1.82, 2.24) is 10.2 Å². The van der Waals surface area contributed by atoms with Crippen LogP contribution in [-0.2, 0) is 13.2 Å². The van der Waals surface area contributed by atoms with Crippen LogP contribution in [0.4, 0.5) is 4.39 Å². The molecule has 0 radical (unpaired) electrons. The van der Waals surface area contributed by atoms with E-state index in [1.807, 2.05) is 60.7 Å². The SMILES string of the molecule is CC1(F)C=CC=CC1C#Cc1cc(OCc2ccccc2)c(OCc2ccccc2)nn1. The van der Waals surface area contributed by atoms with Gasteiger partial charge in [-0.25, -0.2) is 4.39 Å². The molecule has 1 aliphatic rings. The Kier molecular flexibility index (Phi) is 6.62. The number of rotatable bonds is 6. The molecule has 1 heterocycles. The fourth-order valence-corrected chi connectivity index (χ4v) is 3.14. The van der Waals surface area contributed by atoms with Crippen LogP contribution in [0, 0.1) is 17.8 Å². The molecule has 0 amide bonds. The zero-order valence-electron chi connectivity index (χ0n) is 17.7. The van der Waals surface area contributed by atoms with Crippen molar-refractivity contribution in [2.24, 2.45) is 5.92 Å². The maximum atomic E-state index is 14.6. The van der Waals surface area contributed by atoms with E-state index in [1.165, 1.54) is 13.0 Å². The van der Waals surface area contributed by atoms with Crippen molar-refractivity contribution in [3.63, 3.8) is 0 Å². The van der Waals surface area contributed by atoms with Crippen molar-refractivity contribution in [1.29, 1.82) is 0 Å². The third-order valence-electron chi connectivity index (χ3n) is 4.98. The monoisotopic (exact) mass is 426 g/mol. The van der Waals surface area contributed by atoms with E-state index in [4.69, 9.17) is 9.47 Å². The van der Waals surface area contributed by atoms with Crippen LogP contribution < -0.4 is 9.47 Å². The number of alkyl halides is 1. The molecule has 2 unspecified atom stereocenters. The zero-order valence-corrected chi connectivity index (χ0v) is 17.7. The van der Waals surface area contributed by atoms with Crippen LogP contribution >= 0.6 is 0 Å². The van der Waals surface area contributed by atoms with E-state index < -0.39 is 11.6 Å². The molecule has 0 saturated carbocycles. The predicted molar refractivity (Wildman–Crippen MR) is 122 cm³/mol. The molecule has 0 N–H and O–H groups in total. The molecule has 0 spiro atoms. The maximum Gasteiger partial charge on any atom is 0.276 e. The second kappa shape index (κ2) is 9.93. The second-order valence-corrected chi connectivity index (χ2v) is 7.59. The summed E-state index contributed by atoms with van der Waals surface area (Å²) in [5.74, 6) is 6.03. The molecule has 1 aromatic heterocycles. The van der Waals surface area contributed by atoms with Gasteiger partial charge < -0.3 is 9.47 Å². The van der Waals surface area contributed by atoms with Gasteiger partial charge in [-0.2, -0.15) is 0 Å². The quantitative estimate of drug-likeness (QED) is 0.491. The van der Waals surface area contributed by atoms with Crippen LogP contribution in [0.5, 0.6) is 11.6 Å². The van der Waals surface area contributed by atoms with Crippen LogP contribution in [0.1, 0.15) is 23.7 Å². The summed E-state index contributed by atoms with van der Waals surface area (Å²) in [5, 5.41) is 8.33. The van der Waals surface area contributed by atoms with E-state index in [9.17, 15) is 4.39 Å². The Morgan fingerprint density at radius 1 is 0.906 bits per heavy atom. The number of nitrogens with zero attached hydrogens (tertiary/aromatic N) is 2. The molecule has 0 aliphatic heterocycles. The van der Waals surface area contributed by atoms with Crippen LogP contribution in [-0.4, -0.2) is 15.9 Å². The standard InChI is InChI=1S/C27H23FN2O2/c1-27(28)17-9-8-14-23(27)15-16-24-18-25(31-19-21-10-4-2-5-11-21)26(30-29-24)32-20-22-12-6-3-7-13-22/h2-14,17-18,23H,19-20H2,1H3. The van der Waals surface area contributed by atoms with Crippen molar-refractivity contribution in [3.05, 3.63) is 108 Å². The van der Waals surface area contributed by atoms with Crippen molar-refractivity contribution >= 4 is 0 Å². The van der Waals surface area contributed by atoms with Gasteiger partial charge in [0.15, 0.2) is 5.75 Å². The van der Waals surface area contributed by atoms with Gasteiger partial charge >= 0.3 is 0 Å². The molecule has 1 aliphatic carbocycles. The largest absolute Gasteiger partial charge is 0.483 e. The summed E-state index contributed by atoms with van der Waals surface area (Å²) in [6.07, 6.45) is 6.73. The normalized spacial score (nSPS) is 19.1. The van der Waals surface area contributed by atoms with Crippen LogP contribution in [0.2, 0.25) is 0 Å². The van der Waals surface area contributed by atoms with E-state index in [2.05, 4.69) is 22.0 Å². The minimum absolute atomic E-state index is 0.283. The molecule has 0 bridgehead atoms. The third-order valence-corrected chi connectivity index (χ3v) is 4.98. The Balaban J connectivity index is 1.55. The highest BCUT2D eigenvalue weighted by atomic mass is 19.1. The fourth-order valence-electron chi connectivity index (χ4n) is 3.14. The van der Waals surface area contributed by atoms with E-state index in [0.717, 1.165) is 11.1 Å². The average Bonchev–Trinajstić information content (AvgIpc) is 2.82. The number of halogens is 1. The molecular weight excluding hydrogens is 403 g/mol. The molecular formula is C27H23FN2O2. The third kappa shape index (κ3) is 5.61. The highest BCUT2D eigenvalue weighted by Gasteiger charge is 2.29. The van der Waals surface area contributed by atoms with Gasteiger partial charge in [-0.1, -0.05) is 84.8 Å². The highest BCUT2D eigenvalue weighted by Crippen LogP contribution is 2.29. The van der Waals surface area contributed by atoms with Gasteiger partial charge in [-0.05, 0) is 30.0 Å². The van der Waals surface area contributed by atoms with Gasteiger partial charge in [0.1, 0.15) is 24.6 Å². The molecule has 4 nitrogen and oxygen atoms in total. The first-order valence-corrected chi connectivity index (χ1v) is 10.4. The highest BCUT2D eigenvalue weighted by molar-refractivity contribution is 5.41. The van der Waals surface area contributed by atoms with Crippen molar-refractivity contribution < 1.29 is 13.9 Å². The molecule has 5 heteroatoms. The first kappa shape index (κ1) is 21.3. The summed E-state index contributed by atoms with van der Waals surface area (Å²) in [5.41, 5.74) is 0.879.